The van der Waals surface area contributed by atoms with Crippen molar-refractivity contribution in [1.82, 2.24) is 20.2 Å². The number of aromatic nitrogens is 2. The van der Waals surface area contributed by atoms with Gasteiger partial charge in [0.1, 0.15) is 0 Å². The Morgan fingerprint density at radius 3 is 2.52 bits per heavy atom. The molecule has 0 radical (unpaired) electrons. The lowest BCUT2D eigenvalue weighted by Crippen LogP contribution is -2.43. The Labute approximate surface area is 154 Å². The number of alkyl halides is 3. The topological polar surface area (TPSA) is 79.4 Å². The number of anilines is 1. The van der Waals surface area contributed by atoms with Crippen molar-refractivity contribution in [3.8, 4) is 0 Å². The Morgan fingerprint density at radius 1 is 1.22 bits per heavy atom. The zero-order valence-corrected chi connectivity index (χ0v) is 14.8. The Hall–Kier alpha value is -1.94. The average molecular weight is 385 g/mol. The van der Waals surface area contributed by atoms with Crippen molar-refractivity contribution < 1.29 is 22.7 Å². The van der Waals surface area contributed by atoms with E-state index in [4.69, 9.17) is 4.74 Å². The van der Waals surface area contributed by atoms with Crippen LogP contribution in [0.5, 0.6) is 0 Å². The number of carbonyl (C=O) groups excluding carboxylic acids is 1. The maximum absolute atomic E-state index is 13.5. The second kappa shape index (κ2) is 7.23. The predicted octanol–water partition coefficient (Wildman–Crippen LogP) is 1.66. The molecule has 0 saturated carbocycles. The van der Waals surface area contributed by atoms with Crippen LogP contribution in [0.1, 0.15) is 41.7 Å². The molecule has 4 rings (SSSR count). The van der Waals surface area contributed by atoms with Crippen molar-refractivity contribution in [1.29, 1.82) is 0 Å². The molecule has 7 nitrogen and oxygen atoms in total. The maximum atomic E-state index is 13.5. The van der Waals surface area contributed by atoms with Gasteiger partial charge in [0, 0.05) is 37.4 Å². The van der Waals surface area contributed by atoms with Crippen molar-refractivity contribution in [3.63, 3.8) is 0 Å². The minimum atomic E-state index is -4.73. The molecule has 0 spiro atoms. The average Bonchev–Trinajstić information content (AvgIpc) is 2.99. The highest BCUT2D eigenvalue weighted by Crippen LogP contribution is 2.33. The number of ether oxygens (including phenoxy) is 1. The normalized spacial score (nSPS) is 28.3. The molecule has 0 unspecified atom stereocenters. The SMILES string of the molecule is O=C(c1cnc(N[C@@H]2C[C@H]3CC[C@@H](C2)N3)nc1C(F)(F)F)N1CCOCC1. The molecule has 1 aromatic heterocycles. The molecule has 1 aromatic rings. The van der Waals surface area contributed by atoms with E-state index in [1.54, 1.807) is 0 Å². The third-order valence-electron chi connectivity index (χ3n) is 5.39. The van der Waals surface area contributed by atoms with E-state index < -0.39 is 23.3 Å². The van der Waals surface area contributed by atoms with Gasteiger partial charge in [-0.2, -0.15) is 13.2 Å². The highest BCUT2D eigenvalue weighted by atomic mass is 19.4. The molecule has 27 heavy (non-hydrogen) atoms. The van der Waals surface area contributed by atoms with Crippen molar-refractivity contribution in [3.05, 3.63) is 17.5 Å². The van der Waals surface area contributed by atoms with Crippen LogP contribution in [0.4, 0.5) is 19.1 Å². The number of rotatable bonds is 3. The van der Waals surface area contributed by atoms with E-state index in [9.17, 15) is 18.0 Å². The Morgan fingerprint density at radius 2 is 1.89 bits per heavy atom. The van der Waals surface area contributed by atoms with Gasteiger partial charge in [0.2, 0.25) is 5.95 Å². The molecule has 3 aliphatic heterocycles. The summed E-state index contributed by atoms with van der Waals surface area (Å²) in [7, 11) is 0. The number of nitrogens with one attached hydrogen (secondary N) is 2. The first-order valence-electron chi connectivity index (χ1n) is 9.24. The second-order valence-corrected chi connectivity index (χ2v) is 7.31. The molecule has 1 amide bonds. The zero-order valence-electron chi connectivity index (χ0n) is 14.8. The monoisotopic (exact) mass is 385 g/mol. The first-order chi connectivity index (χ1) is 12.9. The van der Waals surface area contributed by atoms with Gasteiger partial charge in [-0.25, -0.2) is 9.97 Å². The second-order valence-electron chi connectivity index (χ2n) is 7.31. The summed E-state index contributed by atoms with van der Waals surface area (Å²) in [5, 5.41) is 6.51. The number of halogens is 3. The molecule has 2 N–H and O–H groups in total. The Kier molecular flexibility index (Phi) is 4.94. The number of piperidine rings is 1. The molecule has 10 heteroatoms. The summed E-state index contributed by atoms with van der Waals surface area (Å²) < 4.78 is 45.8. The zero-order chi connectivity index (χ0) is 19.0. The van der Waals surface area contributed by atoms with Crippen molar-refractivity contribution in [2.24, 2.45) is 0 Å². The molecule has 3 aliphatic rings. The van der Waals surface area contributed by atoms with E-state index in [2.05, 4.69) is 20.6 Å². The standard InChI is InChI=1S/C17H22F3N5O2/c18-17(19,20)14-13(15(26)25-3-5-27-6-4-25)9-21-16(24-14)23-12-7-10-1-2-11(8-12)22-10/h9-12,22H,1-8H2,(H,21,23,24)/t10-,11+,12-. The van der Waals surface area contributed by atoms with Crippen LogP contribution in [-0.2, 0) is 10.9 Å². The van der Waals surface area contributed by atoms with Gasteiger partial charge in [-0.05, 0) is 25.7 Å². The van der Waals surface area contributed by atoms with Crippen LogP contribution in [0, 0.1) is 0 Å². The number of amides is 1. The first-order valence-corrected chi connectivity index (χ1v) is 9.24. The maximum Gasteiger partial charge on any atom is 0.434 e. The molecule has 0 aromatic carbocycles. The smallest absolute Gasteiger partial charge is 0.378 e. The van der Waals surface area contributed by atoms with Gasteiger partial charge in [0.05, 0.1) is 18.8 Å². The van der Waals surface area contributed by atoms with Crippen molar-refractivity contribution in [2.75, 3.05) is 31.6 Å². The fourth-order valence-electron chi connectivity index (χ4n) is 4.12. The molecular weight excluding hydrogens is 363 g/mol. The third kappa shape index (κ3) is 4.01. The molecule has 3 saturated heterocycles. The summed E-state index contributed by atoms with van der Waals surface area (Å²) in [6.45, 7) is 1.14. The van der Waals surface area contributed by atoms with Gasteiger partial charge in [0.15, 0.2) is 5.69 Å². The molecule has 148 valence electrons. The van der Waals surface area contributed by atoms with Crippen LogP contribution in [0.2, 0.25) is 0 Å². The van der Waals surface area contributed by atoms with E-state index in [0.29, 0.717) is 25.3 Å². The van der Waals surface area contributed by atoms with E-state index in [0.717, 1.165) is 31.9 Å². The van der Waals surface area contributed by atoms with E-state index in [1.165, 1.54) is 4.90 Å². The third-order valence-corrected chi connectivity index (χ3v) is 5.39. The lowest BCUT2D eigenvalue weighted by molar-refractivity contribution is -0.141. The number of fused-ring (bicyclic) bond motifs is 2. The number of morpholine rings is 1. The Bertz CT molecular complexity index is 696. The fourth-order valence-corrected chi connectivity index (χ4v) is 4.12. The molecule has 3 fully saturated rings. The number of hydrogen-bond acceptors (Lipinski definition) is 6. The molecular formula is C17H22F3N5O2. The first kappa shape index (κ1) is 18.4. The van der Waals surface area contributed by atoms with Gasteiger partial charge in [-0.15, -0.1) is 0 Å². The summed E-state index contributed by atoms with van der Waals surface area (Å²) in [6.07, 6.45) is 0.0930. The van der Waals surface area contributed by atoms with Crippen LogP contribution in [0.3, 0.4) is 0 Å². The van der Waals surface area contributed by atoms with Crippen LogP contribution in [0.15, 0.2) is 6.20 Å². The summed E-state index contributed by atoms with van der Waals surface area (Å²) >= 11 is 0. The van der Waals surface area contributed by atoms with E-state index in [-0.39, 0.29) is 25.1 Å². The van der Waals surface area contributed by atoms with Crippen molar-refractivity contribution >= 4 is 11.9 Å². The summed E-state index contributed by atoms with van der Waals surface area (Å²) in [5.41, 5.74) is -1.70. The largest absolute Gasteiger partial charge is 0.434 e. The molecule has 0 aliphatic carbocycles. The Balaban J connectivity index is 1.55. The van der Waals surface area contributed by atoms with Gasteiger partial charge in [0.25, 0.3) is 5.91 Å². The minimum absolute atomic E-state index is 0.0330. The van der Waals surface area contributed by atoms with Gasteiger partial charge in [-0.3, -0.25) is 4.79 Å². The highest BCUT2D eigenvalue weighted by Gasteiger charge is 2.40. The highest BCUT2D eigenvalue weighted by molar-refractivity contribution is 5.95. The van der Waals surface area contributed by atoms with Gasteiger partial charge < -0.3 is 20.3 Å². The van der Waals surface area contributed by atoms with Crippen LogP contribution >= 0.6 is 0 Å². The van der Waals surface area contributed by atoms with Gasteiger partial charge >= 0.3 is 6.18 Å². The van der Waals surface area contributed by atoms with Gasteiger partial charge in [-0.1, -0.05) is 0 Å². The van der Waals surface area contributed by atoms with E-state index >= 15 is 0 Å². The lowest BCUT2D eigenvalue weighted by Gasteiger charge is -2.30. The van der Waals surface area contributed by atoms with Crippen LogP contribution < -0.4 is 10.6 Å². The quantitative estimate of drug-likeness (QED) is 0.824. The number of carbonyl (C=O) groups is 1. The number of nitrogens with zero attached hydrogens (tertiary/aromatic N) is 3. The minimum Gasteiger partial charge on any atom is -0.378 e. The lowest BCUT2D eigenvalue weighted by atomic mass is 10.00. The fraction of sp³-hybridized carbons (Fsp3) is 0.706. The molecule has 2 bridgehead atoms. The predicted molar refractivity (Wildman–Crippen MR) is 90.3 cm³/mol. The van der Waals surface area contributed by atoms with Crippen LogP contribution in [-0.4, -0.2) is 65.2 Å². The molecule has 3 atom stereocenters. The van der Waals surface area contributed by atoms with Crippen LogP contribution in [0.25, 0.3) is 0 Å². The van der Waals surface area contributed by atoms with E-state index in [1.807, 2.05) is 0 Å². The summed E-state index contributed by atoms with van der Waals surface area (Å²) in [6, 6.07) is 0.821. The summed E-state index contributed by atoms with van der Waals surface area (Å²) in [5.74, 6) is -0.788. The number of hydrogen-bond donors (Lipinski definition) is 2. The molecule has 4 heterocycles. The summed E-state index contributed by atoms with van der Waals surface area (Å²) in [4.78, 5) is 21.6. The van der Waals surface area contributed by atoms with Crippen molar-refractivity contribution in [2.45, 2.75) is 50.0 Å².